The second-order valence-corrected chi connectivity index (χ2v) is 4.15. The molecule has 0 aliphatic heterocycles. The van der Waals surface area contributed by atoms with Gasteiger partial charge in [-0.25, -0.2) is 18.6 Å². The molecule has 1 heterocycles. The molecule has 7 heteroatoms. The maximum atomic E-state index is 12.7. The molecular weight excluding hydrogens is 280 g/mol. The van der Waals surface area contributed by atoms with Gasteiger partial charge in [-0.3, -0.25) is 0 Å². The van der Waals surface area contributed by atoms with Crippen LogP contribution < -0.4 is 0 Å². The van der Waals surface area contributed by atoms with Crippen LogP contribution in [0.1, 0.15) is 28.2 Å². The van der Waals surface area contributed by atoms with E-state index in [2.05, 4.69) is 4.98 Å². The molecule has 19 heavy (non-hydrogen) atoms. The zero-order valence-electron chi connectivity index (χ0n) is 9.65. The lowest BCUT2D eigenvalue weighted by atomic mass is 10.1. The molecule has 0 atom stereocenters. The van der Waals surface area contributed by atoms with Crippen LogP contribution in [0.3, 0.4) is 0 Å². The number of nitrogens with zero attached hydrogens (tertiary/aromatic N) is 1. The van der Waals surface area contributed by atoms with Gasteiger partial charge in [-0.1, -0.05) is 23.7 Å². The van der Waals surface area contributed by atoms with Gasteiger partial charge in [-0.2, -0.15) is 0 Å². The third kappa shape index (κ3) is 2.44. The summed E-state index contributed by atoms with van der Waals surface area (Å²) in [5.74, 6) is -2.71. The smallest absolute Gasteiger partial charge is 0.374 e. The highest BCUT2D eigenvalue weighted by Gasteiger charge is 2.27. The van der Waals surface area contributed by atoms with E-state index < -0.39 is 23.8 Å². The molecule has 1 aromatic carbocycles. The van der Waals surface area contributed by atoms with E-state index in [9.17, 15) is 13.6 Å². The van der Waals surface area contributed by atoms with Crippen molar-refractivity contribution in [3.8, 4) is 11.5 Å². The maximum absolute atomic E-state index is 12.7. The number of carbonyl (C=O) groups is 1. The number of halogens is 3. The molecule has 100 valence electrons. The molecule has 0 spiro atoms. The number of oxazole rings is 1. The Morgan fingerprint density at radius 3 is 2.68 bits per heavy atom. The van der Waals surface area contributed by atoms with E-state index in [0.29, 0.717) is 5.56 Å². The Bertz CT molecular complexity index is 640. The van der Waals surface area contributed by atoms with Crippen LogP contribution in [0.2, 0.25) is 5.02 Å². The second-order valence-electron chi connectivity index (χ2n) is 3.78. The van der Waals surface area contributed by atoms with Crippen LogP contribution in [0.15, 0.2) is 22.6 Å². The molecule has 0 saturated heterocycles. The summed E-state index contributed by atoms with van der Waals surface area (Å²) in [4.78, 5) is 14.3. The largest absolute Gasteiger partial charge is 0.475 e. The zero-order chi connectivity index (χ0) is 14.2. The normalized spacial score (nSPS) is 11.0. The van der Waals surface area contributed by atoms with Crippen molar-refractivity contribution in [3.05, 3.63) is 40.2 Å². The number of benzene rings is 1. The van der Waals surface area contributed by atoms with Crippen molar-refractivity contribution in [2.75, 3.05) is 0 Å². The molecule has 2 rings (SSSR count). The summed E-state index contributed by atoms with van der Waals surface area (Å²) in [6.45, 7) is 1.72. The number of aromatic carboxylic acids is 1. The van der Waals surface area contributed by atoms with E-state index in [1.54, 1.807) is 19.1 Å². The zero-order valence-corrected chi connectivity index (χ0v) is 10.4. The Hall–Kier alpha value is -1.95. The Morgan fingerprint density at radius 1 is 1.47 bits per heavy atom. The highest BCUT2D eigenvalue weighted by molar-refractivity contribution is 6.33. The van der Waals surface area contributed by atoms with E-state index in [0.717, 1.165) is 0 Å². The first kappa shape index (κ1) is 13.5. The standard InChI is InChI=1S/C12H8ClF2NO3/c1-5-3-2-4-6(7(5)13)11-16-8(10(14)15)9(19-11)12(17)18/h2-4,10H,1H3,(H,17,18). The van der Waals surface area contributed by atoms with Crippen LogP contribution in [0, 0.1) is 6.92 Å². The monoisotopic (exact) mass is 287 g/mol. The average Bonchev–Trinajstić information content (AvgIpc) is 2.77. The van der Waals surface area contributed by atoms with Crippen LogP contribution >= 0.6 is 11.6 Å². The van der Waals surface area contributed by atoms with E-state index in [1.165, 1.54) is 6.07 Å². The van der Waals surface area contributed by atoms with E-state index in [-0.39, 0.29) is 16.5 Å². The predicted octanol–water partition coefficient (Wildman–Crippen LogP) is 3.94. The summed E-state index contributed by atoms with van der Waals surface area (Å²) in [6, 6.07) is 4.88. The Kier molecular flexibility index (Phi) is 3.53. The number of rotatable bonds is 3. The minimum Gasteiger partial charge on any atom is -0.475 e. The van der Waals surface area contributed by atoms with Gasteiger partial charge in [-0.15, -0.1) is 0 Å². The van der Waals surface area contributed by atoms with E-state index in [4.69, 9.17) is 21.1 Å². The maximum Gasteiger partial charge on any atom is 0.374 e. The lowest BCUT2D eigenvalue weighted by Gasteiger charge is -2.01. The van der Waals surface area contributed by atoms with Crippen LogP contribution in [-0.4, -0.2) is 16.1 Å². The van der Waals surface area contributed by atoms with Gasteiger partial charge >= 0.3 is 5.97 Å². The molecule has 0 bridgehead atoms. The predicted molar refractivity (Wildman–Crippen MR) is 63.6 cm³/mol. The minimum atomic E-state index is -3.04. The van der Waals surface area contributed by atoms with Crippen LogP contribution in [0.4, 0.5) is 8.78 Å². The lowest BCUT2D eigenvalue weighted by Crippen LogP contribution is -1.99. The molecule has 0 aliphatic carbocycles. The van der Waals surface area contributed by atoms with Crippen LogP contribution in [-0.2, 0) is 0 Å². The molecule has 0 unspecified atom stereocenters. The molecular formula is C12H8ClF2NO3. The number of aromatic nitrogens is 1. The summed E-state index contributed by atoms with van der Waals surface area (Å²) in [5, 5.41) is 9.08. The lowest BCUT2D eigenvalue weighted by molar-refractivity contribution is 0.0647. The highest BCUT2D eigenvalue weighted by atomic mass is 35.5. The Labute approximate surface area is 111 Å². The molecule has 0 aliphatic rings. The fraction of sp³-hybridized carbons (Fsp3) is 0.167. The molecule has 4 nitrogen and oxygen atoms in total. The third-order valence-corrected chi connectivity index (χ3v) is 2.98. The number of carboxylic acid groups (broad SMARTS) is 1. The van der Waals surface area contributed by atoms with Crippen molar-refractivity contribution in [2.24, 2.45) is 0 Å². The third-order valence-electron chi connectivity index (χ3n) is 2.48. The van der Waals surface area contributed by atoms with Gasteiger partial charge in [0, 0.05) is 0 Å². The number of alkyl halides is 2. The summed E-state index contributed by atoms with van der Waals surface area (Å²) in [7, 11) is 0. The van der Waals surface area contributed by atoms with Crippen LogP contribution in [0.25, 0.3) is 11.5 Å². The molecule has 1 aromatic heterocycles. The summed E-state index contributed by atoms with van der Waals surface area (Å²) in [5.41, 5.74) is 0.0731. The van der Waals surface area contributed by atoms with Gasteiger partial charge in [0.1, 0.15) is 0 Å². The van der Waals surface area contributed by atoms with Crippen molar-refractivity contribution in [3.63, 3.8) is 0 Å². The summed E-state index contributed by atoms with van der Waals surface area (Å²) < 4.78 is 30.2. The van der Waals surface area contributed by atoms with Crippen molar-refractivity contribution < 1.29 is 23.1 Å². The number of hydrogen-bond acceptors (Lipinski definition) is 3. The van der Waals surface area contributed by atoms with Crippen molar-refractivity contribution in [2.45, 2.75) is 13.3 Å². The van der Waals surface area contributed by atoms with Gasteiger partial charge < -0.3 is 9.52 Å². The minimum absolute atomic E-state index is 0.235. The number of hydrogen-bond donors (Lipinski definition) is 1. The average molecular weight is 288 g/mol. The Morgan fingerprint density at radius 2 is 2.16 bits per heavy atom. The quantitative estimate of drug-likeness (QED) is 0.928. The molecule has 2 aromatic rings. The van der Waals surface area contributed by atoms with Crippen LogP contribution in [0.5, 0.6) is 0 Å². The van der Waals surface area contributed by atoms with Gasteiger partial charge in [0.25, 0.3) is 6.43 Å². The van der Waals surface area contributed by atoms with E-state index >= 15 is 0 Å². The molecule has 0 saturated carbocycles. The molecule has 1 N–H and O–H groups in total. The Balaban J connectivity index is 2.61. The van der Waals surface area contributed by atoms with Gasteiger partial charge in [0.15, 0.2) is 5.69 Å². The second kappa shape index (κ2) is 4.97. The van der Waals surface area contributed by atoms with E-state index in [1.807, 2.05) is 0 Å². The van der Waals surface area contributed by atoms with Crippen molar-refractivity contribution >= 4 is 17.6 Å². The number of carboxylic acids is 1. The summed E-state index contributed by atoms with van der Waals surface area (Å²) >= 11 is 6.01. The van der Waals surface area contributed by atoms with Gasteiger partial charge in [-0.05, 0) is 18.6 Å². The SMILES string of the molecule is Cc1cccc(-c2nc(C(F)F)c(C(=O)O)o2)c1Cl. The molecule has 0 amide bonds. The fourth-order valence-electron chi connectivity index (χ4n) is 1.56. The first-order chi connectivity index (χ1) is 8.91. The molecule has 0 fully saturated rings. The van der Waals surface area contributed by atoms with Crippen molar-refractivity contribution in [1.29, 1.82) is 0 Å². The summed E-state index contributed by atoms with van der Waals surface area (Å²) in [6.07, 6.45) is -3.04. The first-order valence-corrected chi connectivity index (χ1v) is 5.57. The number of aryl methyl sites for hydroxylation is 1. The first-order valence-electron chi connectivity index (χ1n) is 5.19. The van der Waals surface area contributed by atoms with Crippen molar-refractivity contribution in [1.82, 2.24) is 4.98 Å². The fourth-order valence-corrected chi connectivity index (χ4v) is 1.77. The van der Waals surface area contributed by atoms with Gasteiger partial charge in [0.2, 0.25) is 11.7 Å². The highest BCUT2D eigenvalue weighted by Crippen LogP contribution is 2.33. The van der Waals surface area contributed by atoms with Gasteiger partial charge in [0.05, 0.1) is 10.6 Å². The molecule has 0 radical (unpaired) electrons. The topological polar surface area (TPSA) is 63.3 Å².